The Balaban J connectivity index is 1.73. The number of carbonyl (C=O) groups is 1. The van der Waals surface area contributed by atoms with Crippen molar-refractivity contribution in [1.82, 2.24) is 24.9 Å². The molecule has 0 unspecified atom stereocenters. The van der Waals surface area contributed by atoms with E-state index in [0.29, 0.717) is 5.69 Å². The second kappa shape index (κ2) is 6.36. The molecule has 0 aromatic carbocycles. The highest BCUT2D eigenvalue weighted by atomic mass is 35.5. The van der Waals surface area contributed by atoms with Gasteiger partial charge in [0, 0.05) is 31.3 Å². The molecule has 2 aromatic heterocycles. The number of rotatable bonds is 5. The number of hydrogen-bond acceptors (Lipinski definition) is 3. The van der Waals surface area contributed by atoms with Crippen LogP contribution in [-0.2, 0) is 31.1 Å². The van der Waals surface area contributed by atoms with Gasteiger partial charge in [-0.05, 0) is 19.8 Å². The van der Waals surface area contributed by atoms with Crippen LogP contribution in [0.3, 0.4) is 0 Å². The first kappa shape index (κ1) is 17.8. The molecule has 1 fully saturated rings. The summed E-state index contributed by atoms with van der Waals surface area (Å²) in [5.74, 6) is -0.498. The number of alkyl halides is 3. The van der Waals surface area contributed by atoms with Crippen molar-refractivity contribution >= 4 is 17.5 Å². The molecule has 3 rings (SSSR count). The zero-order valence-corrected chi connectivity index (χ0v) is 14.4. The maximum Gasteiger partial charge on any atom is 0.436 e. The van der Waals surface area contributed by atoms with E-state index in [1.807, 2.05) is 6.92 Å². The maximum absolute atomic E-state index is 13.0. The van der Waals surface area contributed by atoms with E-state index in [1.54, 1.807) is 17.9 Å². The van der Waals surface area contributed by atoms with E-state index >= 15 is 0 Å². The predicted octanol–water partition coefficient (Wildman–Crippen LogP) is 2.79. The van der Waals surface area contributed by atoms with Crippen LogP contribution < -0.4 is 5.32 Å². The highest BCUT2D eigenvalue weighted by molar-refractivity contribution is 6.32. The molecular weight excluding hydrogens is 359 g/mol. The van der Waals surface area contributed by atoms with Crippen molar-refractivity contribution in [3.05, 3.63) is 33.9 Å². The van der Waals surface area contributed by atoms with Gasteiger partial charge in [-0.1, -0.05) is 11.6 Å². The Kier molecular flexibility index (Phi) is 4.52. The van der Waals surface area contributed by atoms with Gasteiger partial charge in [0.2, 0.25) is 5.91 Å². The van der Waals surface area contributed by atoms with Gasteiger partial charge in [-0.3, -0.25) is 14.2 Å². The molecule has 0 spiro atoms. The average Bonchev–Trinajstić information content (AvgIpc) is 3.19. The van der Waals surface area contributed by atoms with Crippen LogP contribution in [0.5, 0.6) is 0 Å². The standard InChI is InChI=1S/C15H17ClF3N5O/c1-8-10(6-23(2)21-8)5-20-11(25)7-24-13(9-3-4-9)12(16)14(22-24)15(17,18)19/h6,9H,3-5,7H2,1-2H3,(H,20,25). The topological polar surface area (TPSA) is 64.7 Å². The van der Waals surface area contributed by atoms with Crippen LogP contribution in [0, 0.1) is 6.92 Å². The molecule has 0 atom stereocenters. The fraction of sp³-hybridized carbons (Fsp3) is 0.533. The number of aryl methyl sites for hydroxylation is 2. The average molecular weight is 376 g/mol. The first-order valence-electron chi connectivity index (χ1n) is 7.76. The van der Waals surface area contributed by atoms with Crippen LogP contribution in [0.15, 0.2) is 6.20 Å². The van der Waals surface area contributed by atoms with E-state index < -0.39 is 22.8 Å². The Hall–Kier alpha value is -2.03. The minimum Gasteiger partial charge on any atom is -0.350 e. The molecule has 6 nitrogen and oxygen atoms in total. The highest BCUT2D eigenvalue weighted by Crippen LogP contribution is 2.46. The monoisotopic (exact) mass is 375 g/mol. The maximum atomic E-state index is 13.0. The molecule has 2 heterocycles. The van der Waals surface area contributed by atoms with Gasteiger partial charge in [-0.2, -0.15) is 23.4 Å². The minimum atomic E-state index is -4.64. The molecule has 1 N–H and O–H groups in total. The lowest BCUT2D eigenvalue weighted by Crippen LogP contribution is -2.28. The number of nitrogens with zero attached hydrogens (tertiary/aromatic N) is 4. The summed E-state index contributed by atoms with van der Waals surface area (Å²) in [5, 5.41) is 9.99. The fourth-order valence-corrected chi connectivity index (χ4v) is 3.11. The third-order valence-corrected chi connectivity index (χ3v) is 4.42. The summed E-state index contributed by atoms with van der Waals surface area (Å²) < 4.78 is 41.7. The van der Waals surface area contributed by atoms with E-state index in [0.717, 1.165) is 28.8 Å². The Morgan fingerprint density at radius 1 is 1.40 bits per heavy atom. The molecule has 1 saturated carbocycles. The number of halogens is 4. The number of amides is 1. The van der Waals surface area contributed by atoms with E-state index in [1.165, 1.54) is 0 Å². The molecule has 1 aliphatic rings. The molecule has 136 valence electrons. The lowest BCUT2D eigenvalue weighted by Gasteiger charge is -2.08. The number of nitrogens with one attached hydrogen (secondary N) is 1. The smallest absolute Gasteiger partial charge is 0.350 e. The molecular formula is C15H17ClF3N5O. The van der Waals surface area contributed by atoms with E-state index in [-0.39, 0.29) is 19.0 Å². The quantitative estimate of drug-likeness (QED) is 0.874. The second-order valence-corrected chi connectivity index (χ2v) is 6.55. The van der Waals surface area contributed by atoms with Gasteiger partial charge in [0.15, 0.2) is 5.69 Å². The summed E-state index contributed by atoms with van der Waals surface area (Å²) in [6.07, 6.45) is -1.37. The fourth-order valence-electron chi connectivity index (χ4n) is 2.71. The van der Waals surface area contributed by atoms with Gasteiger partial charge in [-0.25, -0.2) is 0 Å². The minimum absolute atomic E-state index is 0.0653. The molecule has 1 aliphatic carbocycles. The molecule has 0 bridgehead atoms. The van der Waals surface area contributed by atoms with Crippen molar-refractivity contribution in [1.29, 1.82) is 0 Å². The zero-order valence-electron chi connectivity index (χ0n) is 13.7. The summed E-state index contributed by atoms with van der Waals surface area (Å²) in [4.78, 5) is 12.1. The van der Waals surface area contributed by atoms with E-state index in [4.69, 9.17) is 11.6 Å². The normalized spacial score (nSPS) is 14.8. The Labute approximate surface area is 146 Å². The molecule has 2 aromatic rings. The van der Waals surface area contributed by atoms with Gasteiger partial charge in [0.25, 0.3) is 0 Å². The van der Waals surface area contributed by atoms with Crippen LogP contribution in [0.1, 0.15) is 41.4 Å². The third kappa shape index (κ3) is 3.81. The summed E-state index contributed by atoms with van der Waals surface area (Å²) >= 11 is 5.88. The van der Waals surface area contributed by atoms with Crippen LogP contribution >= 0.6 is 11.6 Å². The lowest BCUT2D eigenvalue weighted by molar-refractivity contribution is -0.141. The molecule has 25 heavy (non-hydrogen) atoms. The van der Waals surface area contributed by atoms with Crippen molar-refractivity contribution < 1.29 is 18.0 Å². The van der Waals surface area contributed by atoms with Gasteiger partial charge in [0.05, 0.1) is 16.4 Å². The Morgan fingerprint density at radius 2 is 2.08 bits per heavy atom. The van der Waals surface area contributed by atoms with Gasteiger partial charge >= 0.3 is 6.18 Å². The highest BCUT2D eigenvalue weighted by Gasteiger charge is 2.42. The Morgan fingerprint density at radius 3 is 2.60 bits per heavy atom. The summed E-state index contributed by atoms with van der Waals surface area (Å²) in [6, 6.07) is 0. The van der Waals surface area contributed by atoms with Crippen molar-refractivity contribution in [2.45, 2.75) is 44.9 Å². The van der Waals surface area contributed by atoms with Crippen molar-refractivity contribution in [3.63, 3.8) is 0 Å². The SMILES string of the molecule is Cc1nn(C)cc1CNC(=O)Cn1nc(C(F)(F)F)c(Cl)c1C1CC1. The molecule has 0 aliphatic heterocycles. The van der Waals surface area contributed by atoms with Crippen LogP contribution in [0.4, 0.5) is 13.2 Å². The first-order chi connectivity index (χ1) is 11.7. The number of hydrogen-bond donors (Lipinski definition) is 1. The number of carbonyl (C=O) groups excluding carboxylic acids is 1. The second-order valence-electron chi connectivity index (χ2n) is 6.17. The van der Waals surface area contributed by atoms with Crippen molar-refractivity contribution in [3.8, 4) is 0 Å². The van der Waals surface area contributed by atoms with Crippen LogP contribution in [0.25, 0.3) is 0 Å². The molecule has 0 radical (unpaired) electrons. The van der Waals surface area contributed by atoms with Gasteiger partial charge in [0.1, 0.15) is 6.54 Å². The Bertz CT molecular complexity index is 807. The largest absolute Gasteiger partial charge is 0.436 e. The zero-order chi connectivity index (χ0) is 18.4. The lowest BCUT2D eigenvalue weighted by atomic mass is 10.2. The van der Waals surface area contributed by atoms with Gasteiger partial charge < -0.3 is 5.32 Å². The van der Waals surface area contributed by atoms with Crippen molar-refractivity contribution in [2.75, 3.05) is 0 Å². The van der Waals surface area contributed by atoms with Crippen LogP contribution in [0.2, 0.25) is 5.02 Å². The summed E-state index contributed by atoms with van der Waals surface area (Å²) in [5.41, 5.74) is 0.782. The molecule has 10 heteroatoms. The van der Waals surface area contributed by atoms with E-state index in [2.05, 4.69) is 15.5 Å². The summed E-state index contributed by atoms with van der Waals surface area (Å²) in [7, 11) is 1.77. The van der Waals surface area contributed by atoms with Gasteiger partial charge in [-0.15, -0.1) is 0 Å². The molecule has 0 saturated heterocycles. The number of aromatic nitrogens is 4. The molecule has 1 amide bonds. The first-order valence-corrected chi connectivity index (χ1v) is 8.13. The predicted molar refractivity (Wildman–Crippen MR) is 84.0 cm³/mol. The summed E-state index contributed by atoms with van der Waals surface area (Å²) in [6.45, 7) is 1.76. The van der Waals surface area contributed by atoms with Crippen LogP contribution in [-0.4, -0.2) is 25.5 Å². The third-order valence-electron chi connectivity index (χ3n) is 4.05. The van der Waals surface area contributed by atoms with E-state index in [9.17, 15) is 18.0 Å². The van der Waals surface area contributed by atoms with Crippen molar-refractivity contribution in [2.24, 2.45) is 7.05 Å².